The SMILES string of the molecule is COC(=O)[C@H](Cc1ccc(OCCCCCCNC(=O)OC(C)(C)C)cc1)NC(=O)OCc1ccccc1. The number of hydrogen-bond acceptors (Lipinski definition) is 7. The van der Waals surface area contributed by atoms with E-state index in [1.54, 1.807) is 0 Å². The van der Waals surface area contributed by atoms with Crippen molar-refractivity contribution >= 4 is 18.2 Å². The van der Waals surface area contributed by atoms with Crippen LogP contribution in [-0.4, -0.2) is 50.1 Å². The molecule has 0 saturated heterocycles. The average molecular weight is 529 g/mol. The lowest BCUT2D eigenvalue weighted by Gasteiger charge is -2.19. The van der Waals surface area contributed by atoms with Crippen LogP contribution in [0.15, 0.2) is 54.6 Å². The van der Waals surface area contributed by atoms with E-state index < -0.39 is 23.7 Å². The van der Waals surface area contributed by atoms with E-state index in [1.165, 1.54) is 7.11 Å². The Kier molecular flexibility index (Phi) is 13.0. The van der Waals surface area contributed by atoms with Gasteiger partial charge in [0.25, 0.3) is 0 Å². The molecule has 0 aliphatic heterocycles. The zero-order valence-corrected chi connectivity index (χ0v) is 22.8. The quantitative estimate of drug-likeness (QED) is 0.198. The molecule has 2 amide bonds. The van der Waals surface area contributed by atoms with Gasteiger partial charge in [0.15, 0.2) is 0 Å². The van der Waals surface area contributed by atoms with Gasteiger partial charge < -0.3 is 29.6 Å². The number of carbonyl (C=O) groups excluding carboxylic acids is 3. The fraction of sp³-hybridized carbons (Fsp3) is 0.483. The predicted octanol–water partition coefficient (Wildman–Crippen LogP) is 5.16. The minimum Gasteiger partial charge on any atom is -0.494 e. The van der Waals surface area contributed by atoms with Gasteiger partial charge in [-0.05, 0) is 56.9 Å². The molecule has 0 saturated carbocycles. The highest BCUT2D eigenvalue weighted by Gasteiger charge is 2.23. The molecule has 0 bridgehead atoms. The van der Waals surface area contributed by atoms with E-state index in [1.807, 2.05) is 75.4 Å². The van der Waals surface area contributed by atoms with Crippen molar-refractivity contribution in [2.75, 3.05) is 20.3 Å². The fourth-order valence-corrected chi connectivity index (χ4v) is 3.48. The lowest BCUT2D eigenvalue weighted by atomic mass is 10.1. The maximum atomic E-state index is 12.2. The molecule has 0 unspecified atom stereocenters. The predicted molar refractivity (Wildman–Crippen MR) is 144 cm³/mol. The molecule has 208 valence electrons. The number of hydrogen-bond donors (Lipinski definition) is 2. The van der Waals surface area contributed by atoms with Crippen molar-refractivity contribution in [3.63, 3.8) is 0 Å². The monoisotopic (exact) mass is 528 g/mol. The summed E-state index contributed by atoms with van der Waals surface area (Å²) in [5.74, 6) is 0.175. The maximum Gasteiger partial charge on any atom is 0.408 e. The number of nitrogens with one attached hydrogen (secondary N) is 2. The molecule has 0 spiro atoms. The van der Waals surface area contributed by atoms with Crippen molar-refractivity contribution < 1.29 is 33.3 Å². The number of benzene rings is 2. The van der Waals surface area contributed by atoms with Gasteiger partial charge in [-0.3, -0.25) is 0 Å². The number of rotatable bonds is 14. The Bertz CT molecular complexity index is 988. The van der Waals surface area contributed by atoms with E-state index >= 15 is 0 Å². The third-order valence-electron chi connectivity index (χ3n) is 5.36. The van der Waals surface area contributed by atoms with Crippen molar-refractivity contribution in [2.24, 2.45) is 0 Å². The summed E-state index contributed by atoms with van der Waals surface area (Å²) in [6, 6.07) is 15.8. The molecule has 0 aromatic heterocycles. The molecular weight excluding hydrogens is 488 g/mol. The van der Waals surface area contributed by atoms with Crippen molar-refractivity contribution in [1.82, 2.24) is 10.6 Å². The molecule has 2 N–H and O–H groups in total. The van der Waals surface area contributed by atoms with Crippen molar-refractivity contribution in [2.45, 2.75) is 71.1 Å². The molecule has 0 aliphatic carbocycles. The number of carbonyl (C=O) groups is 3. The second-order valence-corrected chi connectivity index (χ2v) is 9.82. The van der Waals surface area contributed by atoms with Gasteiger partial charge in [-0.2, -0.15) is 0 Å². The largest absolute Gasteiger partial charge is 0.494 e. The Hall–Kier alpha value is -3.75. The first-order chi connectivity index (χ1) is 18.2. The Balaban J connectivity index is 1.67. The van der Waals surface area contributed by atoms with Crippen LogP contribution in [0.2, 0.25) is 0 Å². The van der Waals surface area contributed by atoms with Crippen LogP contribution in [-0.2, 0) is 32.0 Å². The average Bonchev–Trinajstić information content (AvgIpc) is 2.88. The summed E-state index contributed by atoms with van der Waals surface area (Å²) in [5.41, 5.74) is 1.20. The molecule has 0 aliphatic rings. The summed E-state index contributed by atoms with van der Waals surface area (Å²) in [6.45, 7) is 6.78. The van der Waals surface area contributed by atoms with Crippen molar-refractivity contribution in [1.29, 1.82) is 0 Å². The zero-order valence-electron chi connectivity index (χ0n) is 22.8. The Morgan fingerprint density at radius 1 is 0.842 bits per heavy atom. The van der Waals surface area contributed by atoms with E-state index in [0.29, 0.717) is 13.2 Å². The lowest BCUT2D eigenvalue weighted by molar-refractivity contribution is -0.143. The molecule has 9 nitrogen and oxygen atoms in total. The van der Waals surface area contributed by atoms with E-state index in [2.05, 4.69) is 10.6 Å². The first kappa shape index (κ1) is 30.5. The van der Waals surface area contributed by atoms with Gasteiger partial charge in [0.2, 0.25) is 0 Å². The van der Waals surface area contributed by atoms with Crippen LogP contribution in [0.5, 0.6) is 5.75 Å². The molecule has 2 aromatic carbocycles. The molecule has 0 heterocycles. The number of unbranched alkanes of at least 4 members (excludes halogenated alkanes) is 3. The molecule has 2 aromatic rings. The summed E-state index contributed by atoms with van der Waals surface area (Å²) in [4.78, 5) is 36.0. The van der Waals surface area contributed by atoms with Gasteiger partial charge >= 0.3 is 18.2 Å². The van der Waals surface area contributed by atoms with Gasteiger partial charge in [0, 0.05) is 13.0 Å². The summed E-state index contributed by atoms with van der Waals surface area (Å²) in [7, 11) is 1.28. The topological polar surface area (TPSA) is 112 Å². The zero-order chi connectivity index (χ0) is 27.8. The number of esters is 1. The minimum atomic E-state index is -0.875. The Labute approximate surface area is 225 Å². The van der Waals surface area contributed by atoms with Crippen LogP contribution < -0.4 is 15.4 Å². The first-order valence-electron chi connectivity index (χ1n) is 12.9. The summed E-state index contributed by atoms with van der Waals surface area (Å²) >= 11 is 0. The molecule has 1 atom stereocenters. The third-order valence-corrected chi connectivity index (χ3v) is 5.36. The van der Waals surface area contributed by atoms with Crippen LogP contribution in [0.1, 0.15) is 57.6 Å². The van der Waals surface area contributed by atoms with E-state index in [-0.39, 0.29) is 19.1 Å². The van der Waals surface area contributed by atoms with E-state index in [9.17, 15) is 14.4 Å². The highest BCUT2D eigenvalue weighted by molar-refractivity contribution is 5.81. The van der Waals surface area contributed by atoms with Crippen molar-refractivity contribution in [3.05, 3.63) is 65.7 Å². The van der Waals surface area contributed by atoms with E-state index in [0.717, 1.165) is 42.6 Å². The molecule has 0 radical (unpaired) electrons. The van der Waals surface area contributed by atoms with Gasteiger partial charge in [0.1, 0.15) is 24.0 Å². The Morgan fingerprint density at radius 2 is 1.53 bits per heavy atom. The number of amides is 2. The molecule has 2 rings (SSSR count). The highest BCUT2D eigenvalue weighted by atomic mass is 16.6. The number of ether oxygens (including phenoxy) is 4. The highest BCUT2D eigenvalue weighted by Crippen LogP contribution is 2.15. The van der Waals surface area contributed by atoms with Gasteiger partial charge in [0.05, 0.1) is 13.7 Å². The Morgan fingerprint density at radius 3 is 2.18 bits per heavy atom. The van der Waals surface area contributed by atoms with Gasteiger partial charge in [-0.15, -0.1) is 0 Å². The lowest BCUT2D eigenvalue weighted by Crippen LogP contribution is -2.43. The summed E-state index contributed by atoms with van der Waals surface area (Å²) in [6.07, 6.45) is 2.92. The second kappa shape index (κ2) is 16.2. The van der Waals surface area contributed by atoms with Gasteiger partial charge in [-0.1, -0.05) is 55.3 Å². The smallest absolute Gasteiger partial charge is 0.408 e. The second-order valence-electron chi connectivity index (χ2n) is 9.82. The molecule has 38 heavy (non-hydrogen) atoms. The minimum absolute atomic E-state index is 0.107. The summed E-state index contributed by atoms with van der Waals surface area (Å²) in [5, 5.41) is 5.34. The third kappa shape index (κ3) is 13.0. The molecule has 0 fully saturated rings. The van der Waals surface area contributed by atoms with Crippen LogP contribution in [0.25, 0.3) is 0 Å². The van der Waals surface area contributed by atoms with E-state index in [4.69, 9.17) is 18.9 Å². The van der Waals surface area contributed by atoms with Crippen LogP contribution in [0, 0.1) is 0 Å². The number of alkyl carbamates (subject to hydrolysis) is 2. The molecule has 9 heteroatoms. The fourth-order valence-electron chi connectivity index (χ4n) is 3.48. The van der Waals surface area contributed by atoms with Crippen LogP contribution in [0.3, 0.4) is 0 Å². The van der Waals surface area contributed by atoms with Crippen molar-refractivity contribution in [3.8, 4) is 5.75 Å². The first-order valence-corrected chi connectivity index (χ1v) is 12.9. The van der Waals surface area contributed by atoms with Gasteiger partial charge in [-0.25, -0.2) is 14.4 Å². The molecular formula is C29H40N2O7. The summed E-state index contributed by atoms with van der Waals surface area (Å²) < 4.78 is 21.1. The maximum absolute atomic E-state index is 12.2. The van der Waals surface area contributed by atoms with Crippen LogP contribution in [0.4, 0.5) is 9.59 Å². The normalized spacial score (nSPS) is 11.7. The number of methoxy groups -OCH3 is 1. The standard InChI is InChI=1S/C29H40N2O7/c1-29(2,3)38-27(33)30-18-10-5-6-11-19-36-24-16-14-22(15-17-24)20-25(26(32)35-4)31-28(34)37-21-23-12-8-7-9-13-23/h7-9,12-17,25H,5-6,10-11,18-21H2,1-4H3,(H,30,33)(H,31,34)/t25-/m0/s1. The van der Waals surface area contributed by atoms with Crippen LogP contribution >= 0.6 is 0 Å².